The topological polar surface area (TPSA) is 127 Å². The van der Waals surface area contributed by atoms with Crippen molar-refractivity contribution in [3.05, 3.63) is 46.5 Å². The molecule has 0 radical (unpaired) electrons. The monoisotopic (exact) mass is 812 g/mol. The number of nitrogens with one attached hydrogen (secondary N) is 1. The molecule has 6 rings (SSSR count). The van der Waals surface area contributed by atoms with E-state index in [0.717, 1.165) is 112 Å². The van der Waals surface area contributed by atoms with Crippen molar-refractivity contribution in [2.45, 2.75) is 130 Å². The third kappa shape index (κ3) is 11.6. The van der Waals surface area contributed by atoms with E-state index in [1.54, 1.807) is 18.7 Å². The van der Waals surface area contributed by atoms with Crippen LogP contribution in [0.15, 0.2) is 24.3 Å². The lowest BCUT2D eigenvalue weighted by Gasteiger charge is -2.37. The molecule has 57 heavy (non-hydrogen) atoms. The fourth-order valence-corrected chi connectivity index (χ4v) is 8.63. The van der Waals surface area contributed by atoms with E-state index in [1.807, 2.05) is 9.80 Å². The molecule has 0 aliphatic carbocycles. The van der Waals surface area contributed by atoms with Gasteiger partial charge in [-0.2, -0.15) is 0 Å². The van der Waals surface area contributed by atoms with Crippen LogP contribution in [0.2, 0.25) is 0 Å². The summed E-state index contributed by atoms with van der Waals surface area (Å²) in [7, 11) is 2.64. The molecule has 4 aliphatic heterocycles. The van der Waals surface area contributed by atoms with Crippen LogP contribution in [0.3, 0.4) is 0 Å². The summed E-state index contributed by atoms with van der Waals surface area (Å²) < 4.78 is 21.2. The molecule has 2 aromatic rings. The predicted octanol–water partition coefficient (Wildman–Crippen LogP) is 8.73. The molecule has 0 bridgehead atoms. The maximum atomic E-state index is 12.2. The fourth-order valence-electron chi connectivity index (χ4n) is 8.63. The zero-order chi connectivity index (χ0) is 41.6. The molecule has 2 atom stereocenters. The Labute approximate surface area is 344 Å². The van der Waals surface area contributed by atoms with E-state index in [9.17, 15) is 19.2 Å². The van der Waals surface area contributed by atoms with Gasteiger partial charge in [0.15, 0.2) is 0 Å². The molecule has 4 aliphatic rings. The smallest absolute Gasteiger partial charge is 0.409 e. The highest BCUT2D eigenvalue weighted by Crippen LogP contribution is 2.45. The van der Waals surface area contributed by atoms with Crippen molar-refractivity contribution < 1.29 is 38.1 Å². The third-order valence-corrected chi connectivity index (χ3v) is 11.6. The number of hydrogen-bond donors (Lipinski definition) is 1. The number of carbonyl (C=O) groups excluding carboxylic acids is 4. The van der Waals surface area contributed by atoms with Crippen molar-refractivity contribution >= 4 is 46.3 Å². The Balaban J connectivity index is 0.000000228. The summed E-state index contributed by atoms with van der Waals surface area (Å²) in [5.41, 5.74) is 6.25. The van der Waals surface area contributed by atoms with Crippen LogP contribution in [0, 0.1) is 0 Å². The molecule has 2 aromatic carbocycles. The minimum atomic E-state index is -0.773. The number of hydrogen-bond acceptors (Lipinski definition) is 9. The van der Waals surface area contributed by atoms with E-state index in [2.05, 4.69) is 73.6 Å². The number of amides is 3. The molecule has 4 heterocycles. The van der Waals surface area contributed by atoms with Crippen LogP contribution in [0.25, 0.3) is 0 Å². The van der Waals surface area contributed by atoms with Gasteiger partial charge in [-0.3, -0.25) is 9.59 Å². The molecule has 0 saturated carbocycles. The first-order chi connectivity index (χ1) is 27.4. The molecule has 13 heteroatoms. The van der Waals surface area contributed by atoms with Crippen LogP contribution in [0.5, 0.6) is 11.5 Å². The normalized spacial score (nSPS) is 19.4. The molecule has 3 amide bonds. The van der Waals surface area contributed by atoms with E-state index in [-0.39, 0.29) is 30.0 Å². The summed E-state index contributed by atoms with van der Waals surface area (Å²) in [5.74, 6) is 3.15. The van der Waals surface area contributed by atoms with Crippen molar-refractivity contribution in [2.75, 3.05) is 63.4 Å². The number of piperidine rings is 2. The van der Waals surface area contributed by atoms with Gasteiger partial charge in [0, 0.05) is 61.7 Å². The Morgan fingerprint density at radius 1 is 0.684 bits per heavy atom. The van der Waals surface area contributed by atoms with Crippen LogP contribution in [-0.2, 0) is 31.9 Å². The Hall–Kier alpha value is -4.03. The first-order valence-corrected chi connectivity index (χ1v) is 21.2. The molecule has 2 saturated heterocycles. The number of rotatable bonds is 8. The van der Waals surface area contributed by atoms with Crippen LogP contribution in [0.1, 0.15) is 127 Å². The molecule has 0 unspecified atom stereocenters. The van der Waals surface area contributed by atoms with Gasteiger partial charge >= 0.3 is 11.5 Å². The van der Waals surface area contributed by atoms with Crippen molar-refractivity contribution in [1.29, 1.82) is 0 Å². The van der Waals surface area contributed by atoms with Crippen LogP contribution < -0.4 is 24.6 Å². The summed E-state index contributed by atoms with van der Waals surface area (Å²) in [6.45, 7) is 16.7. The van der Waals surface area contributed by atoms with Crippen LogP contribution in [-0.4, -0.2) is 93.9 Å². The third-order valence-electron chi connectivity index (χ3n) is 11.4. The van der Waals surface area contributed by atoms with Gasteiger partial charge in [0.05, 0.1) is 38.8 Å². The number of likely N-dealkylation sites (tertiary alicyclic amines) is 1. The van der Waals surface area contributed by atoms with Gasteiger partial charge in [-0.25, -0.2) is 9.59 Å². The molecule has 1 N–H and O–H groups in total. The molecule has 0 spiro atoms. The summed E-state index contributed by atoms with van der Waals surface area (Å²) in [6, 6.07) is 9.07. The number of fused-ring (bicyclic) bond motifs is 2. The van der Waals surface area contributed by atoms with Gasteiger partial charge in [0.2, 0.25) is 11.8 Å². The second-order valence-electron chi connectivity index (χ2n) is 15.4. The fraction of sp³-hybridized carbons (Fsp3) is 0.636. The highest BCUT2D eigenvalue weighted by Gasteiger charge is 2.34. The summed E-state index contributed by atoms with van der Waals surface area (Å²) in [6.07, 6.45) is 9.67. The first-order valence-electron chi connectivity index (χ1n) is 20.8. The van der Waals surface area contributed by atoms with Gasteiger partial charge in [-0.15, -0.1) is 0 Å². The van der Waals surface area contributed by atoms with Gasteiger partial charge in [-0.1, -0.05) is 26.0 Å². The van der Waals surface area contributed by atoms with Gasteiger partial charge < -0.3 is 39.0 Å². The molecule has 316 valence electrons. The van der Waals surface area contributed by atoms with Crippen LogP contribution >= 0.6 is 11.6 Å². The number of benzene rings is 2. The van der Waals surface area contributed by atoms with Gasteiger partial charge in [0.1, 0.15) is 11.5 Å². The van der Waals surface area contributed by atoms with E-state index < -0.39 is 5.43 Å². The maximum absolute atomic E-state index is 12.2. The number of nitrogens with zero attached hydrogens (tertiary/aromatic N) is 3. The van der Waals surface area contributed by atoms with Crippen molar-refractivity contribution in [3.63, 3.8) is 0 Å². The average molecular weight is 813 g/mol. The van der Waals surface area contributed by atoms with Crippen molar-refractivity contribution in [2.24, 2.45) is 0 Å². The van der Waals surface area contributed by atoms with Gasteiger partial charge in [0.25, 0.3) is 0 Å². The number of methoxy groups -OCH3 is 2. The SMILES string of the molecule is CCCOc1c(C2CCN(C(=O)OC)CC2)ccc2c1CC[C@H](C)N2C(C)=O.CCCOc1c(C2CCNCC2)ccc2c1CC[C@H](C)N2C(C)=O.COC(=O)Cl. The largest absolute Gasteiger partial charge is 0.493 e. The minimum Gasteiger partial charge on any atom is -0.493 e. The summed E-state index contributed by atoms with van der Waals surface area (Å²) in [4.78, 5) is 51.2. The van der Waals surface area contributed by atoms with E-state index >= 15 is 0 Å². The Morgan fingerprint density at radius 2 is 1.11 bits per heavy atom. The molecule has 0 aromatic heterocycles. The lowest BCUT2D eigenvalue weighted by Crippen LogP contribution is -2.41. The standard InChI is InChI=1S/C22H32N2O4.C20H30N2O2.C2H3ClO2/c1-5-14-28-21-18(17-10-12-23(13-11-17)22(26)27-4)8-9-20-19(21)7-6-15(2)24(20)16(3)25;1-4-13-24-20-17(16-9-11-21-12-10-16)7-8-19-18(20)6-5-14(2)22(19)15(3)23;1-5-2(3)4/h8-9,15,17H,5-7,10-14H2,1-4H3;7-8,14,16,21H,4-6,9-13H2,1-3H3;1H3/t15-;14-;/m00./s1. The summed E-state index contributed by atoms with van der Waals surface area (Å²) in [5, 5.41) is 3.44. The van der Waals surface area contributed by atoms with Crippen molar-refractivity contribution in [1.82, 2.24) is 10.2 Å². The Morgan fingerprint density at radius 3 is 1.47 bits per heavy atom. The number of anilines is 2. The van der Waals surface area contributed by atoms with Crippen LogP contribution in [0.4, 0.5) is 21.0 Å². The summed E-state index contributed by atoms with van der Waals surface area (Å²) >= 11 is 4.60. The molecular formula is C44H65ClN4O8. The molecule has 2 fully saturated rings. The van der Waals surface area contributed by atoms with E-state index in [4.69, 9.17) is 14.2 Å². The predicted molar refractivity (Wildman–Crippen MR) is 225 cm³/mol. The number of ether oxygens (including phenoxy) is 4. The zero-order valence-corrected chi connectivity index (χ0v) is 36.2. The zero-order valence-electron chi connectivity index (χ0n) is 35.4. The van der Waals surface area contributed by atoms with E-state index in [0.29, 0.717) is 31.5 Å². The first kappa shape index (κ1) is 45.7. The lowest BCUT2D eigenvalue weighted by molar-refractivity contribution is -0.117. The highest BCUT2D eigenvalue weighted by atomic mass is 35.5. The van der Waals surface area contributed by atoms with Crippen molar-refractivity contribution in [3.8, 4) is 11.5 Å². The average Bonchev–Trinajstić information content (AvgIpc) is 3.21. The second-order valence-corrected chi connectivity index (χ2v) is 15.7. The molecule has 12 nitrogen and oxygen atoms in total. The quantitative estimate of drug-likeness (QED) is 0.261. The number of carbonyl (C=O) groups is 4. The molecular weight excluding hydrogens is 748 g/mol. The maximum Gasteiger partial charge on any atom is 0.409 e. The number of halogens is 1. The Kier molecular flexibility index (Phi) is 17.8. The second kappa shape index (κ2) is 22.2. The van der Waals surface area contributed by atoms with E-state index in [1.165, 1.54) is 30.9 Å². The minimum absolute atomic E-state index is 0.0778. The Bertz CT molecular complexity index is 1670. The van der Waals surface area contributed by atoms with Gasteiger partial charge in [-0.05, 0) is 126 Å². The lowest BCUT2D eigenvalue weighted by atomic mass is 9.85. The highest BCUT2D eigenvalue weighted by molar-refractivity contribution is 6.61.